The molecule has 0 amide bonds. The van der Waals surface area contributed by atoms with E-state index in [-0.39, 0.29) is 16.8 Å². The second-order valence-electron chi connectivity index (χ2n) is 5.97. The lowest BCUT2D eigenvalue weighted by atomic mass is 10.1. The Kier molecular flexibility index (Phi) is 4.65. The van der Waals surface area contributed by atoms with E-state index >= 15 is 0 Å². The van der Waals surface area contributed by atoms with Crippen LogP contribution < -0.4 is 4.72 Å². The zero-order valence-corrected chi connectivity index (χ0v) is 15.3. The summed E-state index contributed by atoms with van der Waals surface area (Å²) in [6.45, 7) is 0. The number of rotatable bonds is 4. The third-order valence-corrected chi connectivity index (χ3v) is 5.43. The maximum absolute atomic E-state index is 13.8. The van der Waals surface area contributed by atoms with Gasteiger partial charge >= 0.3 is 0 Å². The molecule has 1 N–H and O–H groups in total. The number of benzene rings is 2. The first kappa shape index (κ1) is 19.8. The van der Waals surface area contributed by atoms with Gasteiger partial charge < -0.3 is 4.52 Å². The van der Waals surface area contributed by atoms with Crippen molar-refractivity contribution in [1.29, 1.82) is 0 Å². The summed E-state index contributed by atoms with van der Waals surface area (Å²) in [6, 6.07) is 9.55. The summed E-state index contributed by atoms with van der Waals surface area (Å²) in [7, 11) is -4.79. The van der Waals surface area contributed by atoms with Crippen LogP contribution in [0.5, 0.6) is 0 Å². The van der Waals surface area contributed by atoms with E-state index in [1.807, 2.05) is 0 Å². The molecule has 0 unspecified atom stereocenters. The van der Waals surface area contributed by atoms with Gasteiger partial charge in [-0.05, 0) is 6.07 Å². The zero-order chi connectivity index (χ0) is 21.6. The highest BCUT2D eigenvalue weighted by atomic mass is 32.2. The Balaban J connectivity index is 1.81. The Hall–Kier alpha value is -3.54. The van der Waals surface area contributed by atoms with Crippen LogP contribution in [0.4, 0.5) is 27.6 Å². The molecule has 0 aliphatic heterocycles. The van der Waals surface area contributed by atoms with E-state index in [4.69, 9.17) is 4.52 Å². The first-order chi connectivity index (χ1) is 14.2. The van der Waals surface area contributed by atoms with Gasteiger partial charge in [0.25, 0.3) is 15.7 Å². The molecule has 12 heteroatoms. The van der Waals surface area contributed by atoms with Crippen molar-refractivity contribution in [2.45, 2.75) is 4.90 Å². The normalized spacial score (nSPS) is 11.8. The number of halogens is 5. The van der Waals surface area contributed by atoms with Gasteiger partial charge in [0, 0.05) is 5.56 Å². The summed E-state index contributed by atoms with van der Waals surface area (Å²) >= 11 is 0. The van der Waals surface area contributed by atoms with Crippen LogP contribution in [0.2, 0.25) is 0 Å². The number of hydrogen-bond acceptors (Lipinski definition) is 5. The maximum Gasteiger partial charge on any atom is 0.263 e. The Morgan fingerprint density at radius 1 is 0.867 bits per heavy atom. The third-order valence-electron chi connectivity index (χ3n) is 4.11. The van der Waals surface area contributed by atoms with E-state index in [0.717, 1.165) is 12.3 Å². The van der Waals surface area contributed by atoms with Gasteiger partial charge in [-0.2, -0.15) is 0 Å². The van der Waals surface area contributed by atoms with Gasteiger partial charge in [-0.1, -0.05) is 35.5 Å². The van der Waals surface area contributed by atoms with Crippen molar-refractivity contribution >= 4 is 26.8 Å². The largest absolute Gasteiger partial charge is 0.335 e. The monoisotopic (exact) mass is 441 g/mol. The molecule has 0 fully saturated rings. The summed E-state index contributed by atoms with van der Waals surface area (Å²) in [5.41, 5.74) is -0.921. The van der Waals surface area contributed by atoms with Crippen molar-refractivity contribution in [2.24, 2.45) is 0 Å². The van der Waals surface area contributed by atoms with E-state index in [1.54, 1.807) is 30.3 Å². The van der Waals surface area contributed by atoms with E-state index in [1.165, 1.54) is 4.72 Å². The number of fused-ring (bicyclic) bond motifs is 1. The summed E-state index contributed by atoms with van der Waals surface area (Å²) in [5, 5.41) is 3.97. The third kappa shape index (κ3) is 3.14. The van der Waals surface area contributed by atoms with Crippen molar-refractivity contribution in [3.05, 3.63) is 71.7 Å². The van der Waals surface area contributed by atoms with Crippen LogP contribution in [0, 0.1) is 29.1 Å². The molecular weight excluding hydrogens is 433 g/mol. The highest BCUT2D eigenvalue weighted by molar-refractivity contribution is 7.92. The molecule has 0 saturated heterocycles. The fraction of sp³-hybridized carbons (Fsp3) is 0. The molecule has 154 valence electrons. The average Bonchev–Trinajstić information content (AvgIpc) is 3.18. The van der Waals surface area contributed by atoms with Crippen molar-refractivity contribution < 1.29 is 34.9 Å². The predicted octanol–water partition coefficient (Wildman–Crippen LogP) is 4.39. The van der Waals surface area contributed by atoms with Crippen molar-refractivity contribution in [3.63, 3.8) is 0 Å². The second kappa shape index (κ2) is 7.06. The number of nitrogens with one attached hydrogen (secondary N) is 1. The molecule has 0 aliphatic rings. The predicted molar refractivity (Wildman–Crippen MR) is 94.3 cm³/mol. The highest BCUT2D eigenvalue weighted by Gasteiger charge is 2.29. The van der Waals surface area contributed by atoms with Crippen LogP contribution in [0.25, 0.3) is 22.4 Å². The summed E-state index contributed by atoms with van der Waals surface area (Å²) in [4.78, 5) is 3.17. The molecule has 0 saturated carbocycles. The number of hydrogen-bond donors (Lipinski definition) is 1. The van der Waals surface area contributed by atoms with Crippen LogP contribution in [-0.2, 0) is 10.0 Å². The quantitative estimate of drug-likeness (QED) is 0.289. The van der Waals surface area contributed by atoms with Gasteiger partial charge in [0.2, 0.25) is 5.82 Å². The molecule has 2 aromatic heterocycles. The van der Waals surface area contributed by atoms with Gasteiger partial charge in [-0.25, -0.2) is 35.4 Å². The lowest BCUT2D eigenvalue weighted by molar-refractivity contribution is 0.382. The van der Waals surface area contributed by atoms with Gasteiger partial charge in [-0.15, -0.1) is 0 Å². The Morgan fingerprint density at radius 2 is 1.47 bits per heavy atom. The van der Waals surface area contributed by atoms with Crippen molar-refractivity contribution in [3.8, 4) is 11.3 Å². The summed E-state index contributed by atoms with van der Waals surface area (Å²) < 4.78 is 99.1. The lowest BCUT2D eigenvalue weighted by Crippen LogP contribution is -2.17. The fourth-order valence-electron chi connectivity index (χ4n) is 2.65. The summed E-state index contributed by atoms with van der Waals surface area (Å²) in [5.74, 6) is -11.6. The number of pyridine rings is 1. The fourth-order valence-corrected chi connectivity index (χ4v) is 3.68. The molecule has 2 heterocycles. The number of anilines is 1. The molecular formula is C18H8F5N3O3S. The Bertz CT molecular complexity index is 1360. The van der Waals surface area contributed by atoms with E-state index in [9.17, 15) is 30.4 Å². The molecule has 4 aromatic rings. The standard InChI is InChI=1S/C18H8F5N3O3S/c19-11-12(20)14(22)17(15(23)13(11)21)26-30(27,28)9-6-10-16(8-4-2-1-3-5-8)25-29-18(10)24-7-9/h1-7,26H. The molecule has 4 rings (SSSR count). The van der Waals surface area contributed by atoms with E-state index in [0.29, 0.717) is 5.56 Å². The zero-order valence-electron chi connectivity index (χ0n) is 14.5. The van der Waals surface area contributed by atoms with Gasteiger partial charge in [-0.3, -0.25) is 4.72 Å². The van der Waals surface area contributed by atoms with E-state index < -0.39 is 49.7 Å². The maximum atomic E-state index is 13.8. The Morgan fingerprint density at radius 3 is 2.10 bits per heavy atom. The lowest BCUT2D eigenvalue weighted by Gasteiger charge is -2.11. The van der Waals surface area contributed by atoms with Crippen molar-refractivity contribution in [1.82, 2.24) is 10.1 Å². The van der Waals surface area contributed by atoms with Crippen LogP contribution in [-0.4, -0.2) is 18.6 Å². The van der Waals surface area contributed by atoms with Gasteiger partial charge in [0.1, 0.15) is 16.3 Å². The van der Waals surface area contributed by atoms with Crippen LogP contribution >= 0.6 is 0 Å². The van der Waals surface area contributed by atoms with Crippen molar-refractivity contribution in [2.75, 3.05) is 4.72 Å². The first-order valence-corrected chi connectivity index (χ1v) is 9.54. The van der Waals surface area contributed by atoms with Crippen LogP contribution in [0.3, 0.4) is 0 Å². The molecule has 6 nitrogen and oxygen atoms in total. The minimum absolute atomic E-state index is 0.0240. The number of aromatic nitrogens is 2. The molecule has 30 heavy (non-hydrogen) atoms. The molecule has 2 aromatic carbocycles. The van der Waals surface area contributed by atoms with E-state index in [2.05, 4.69) is 10.1 Å². The number of nitrogens with zero attached hydrogens (tertiary/aromatic N) is 2. The molecule has 0 atom stereocenters. The average molecular weight is 441 g/mol. The van der Waals surface area contributed by atoms with Crippen LogP contribution in [0.1, 0.15) is 0 Å². The highest BCUT2D eigenvalue weighted by Crippen LogP contribution is 2.31. The summed E-state index contributed by atoms with van der Waals surface area (Å²) in [6.07, 6.45) is 0.788. The minimum atomic E-state index is -4.79. The smallest absolute Gasteiger partial charge is 0.263 e. The van der Waals surface area contributed by atoms with Gasteiger partial charge in [0.05, 0.1) is 11.6 Å². The first-order valence-electron chi connectivity index (χ1n) is 8.06. The molecule has 0 bridgehead atoms. The second-order valence-corrected chi connectivity index (χ2v) is 7.65. The molecule has 0 aliphatic carbocycles. The van der Waals surface area contributed by atoms with Gasteiger partial charge in [0.15, 0.2) is 23.3 Å². The van der Waals surface area contributed by atoms with Crippen LogP contribution in [0.15, 0.2) is 52.0 Å². The topological polar surface area (TPSA) is 85.1 Å². The molecule has 0 spiro atoms. The molecule has 0 radical (unpaired) electrons. The minimum Gasteiger partial charge on any atom is -0.335 e. The Labute approximate surface area is 165 Å². The SMILES string of the molecule is O=S(=O)(Nc1c(F)c(F)c(F)c(F)c1F)c1cnc2onc(-c3ccccc3)c2c1. The number of sulfonamides is 1.